The van der Waals surface area contributed by atoms with Gasteiger partial charge in [0.15, 0.2) is 0 Å². The molecule has 1 fully saturated rings. The third-order valence-corrected chi connectivity index (χ3v) is 5.93. The number of aliphatic hydroxyl groups is 1. The van der Waals surface area contributed by atoms with E-state index in [4.69, 9.17) is 0 Å². The second-order valence-electron chi connectivity index (χ2n) is 7.93. The molecule has 0 amide bonds. The Balaban J connectivity index is 1.61. The first-order valence-electron chi connectivity index (χ1n) is 9.69. The Labute approximate surface area is 168 Å². The molecule has 1 saturated heterocycles. The molecular formula is C22H24FN3O3. The number of rotatable bonds is 5. The monoisotopic (exact) mass is 397 g/mol. The summed E-state index contributed by atoms with van der Waals surface area (Å²) in [5.74, 6) is -1.40. The summed E-state index contributed by atoms with van der Waals surface area (Å²) in [6, 6.07) is 9.77. The summed E-state index contributed by atoms with van der Waals surface area (Å²) in [6.07, 6.45) is 3.25. The molecule has 2 atom stereocenters. The average molecular weight is 397 g/mol. The topological polar surface area (TPSA) is 78.1 Å². The van der Waals surface area contributed by atoms with Crippen LogP contribution in [0.15, 0.2) is 48.8 Å². The first-order chi connectivity index (χ1) is 13.9. The van der Waals surface area contributed by atoms with Gasteiger partial charge < -0.3 is 10.2 Å². The van der Waals surface area contributed by atoms with Crippen molar-refractivity contribution in [1.29, 1.82) is 0 Å². The zero-order valence-electron chi connectivity index (χ0n) is 16.3. The van der Waals surface area contributed by atoms with E-state index in [2.05, 4.69) is 10.00 Å². The molecule has 0 bridgehead atoms. The van der Waals surface area contributed by atoms with Gasteiger partial charge in [-0.3, -0.25) is 9.69 Å². The average Bonchev–Trinajstić information content (AvgIpc) is 3.10. The van der Waals surface area contributed by atoms with Gasteiger partial charge in [-0.1, -0.05) is 18.2 Å². The maximum atomic E-state index is 13.2. The minimum absolute atomic E-state index is 0.147. The number of aromatic nitrogens is 2. The number of aryl methyl sites for hydroxylation is 1. The van der Waals surface area contributed by atoms with Crippen molar-refractivity contribution in [3.63, 3.8) is 0 Å². The van der Waals surface area contributed by atoms with Gasteiger partial charge >= 0.3 is 5.97 Å². The third kappa shape index (κ3) is 3.63. The minimum Gasteiger partial charge on any atom is -0.481 e. The van der Waals surface area contributed by atoms with E-state index >= 15 is 0 Å². The summed E-state index contributed by atoms with van der Waals surface area (Å²) >= 11 is 0. The van der Waals surface area contributed by atoms with Crippen molar-refractivity contribution >= 4 is 11.5 Å². The highest BCUT2D eigenvalue weighted by atomic mass is 19.1. The predicted molar refractivity (Wildman–Crippen MR) is 106 cm³/mol. The van der Waals surface area contributed by atoms with Crippen molar-refractivity contribution in [2.24, 2.45) is 5.41 Å². The standard InChI is InChI=1S/C22H24FN3O3/c1-15-3-2-9-26-20(15)17(12-24-26)13-25-10-8-19(27)22(14-25,21(28)29)11-16-4-6-18(23)7-5-16/h2-7,9,12,19,27H,8,10-11,13-14H2,1H3,(H,28,29)/t19-,22-/m1/s1. The third-order valence-electron chi connectivity index (χ3n) is 5.93. The van der Waals surface area contributed by atoms with Crippen molar-refractivity contribution in [2.45, 2.75) is 32.4 Å². The molecule has 1 aromatic carbocycles. The van der Waals surface area contributed by atoms with Gasteiger partial charge in [0.1, 0.15) is 11.2 Å². The Morgan fingerprint density at radius 3 is 2.79 bits per heavy atom. The number of carbonyl (C=O) groups is 1. The molecule has 6 nitrogen and oxygen atoms in total. The molecular weight excluding hydrogens is 373 g/mol. The maximum absolute atomic E-state index is 13.2. The second-order valence-corrected chi connectivity index (χ2v) is 7.93. The molecule has 7 heteroatoms. The summed E-state index contributed by atoms with van der Waals surface area (Å²) in [7, 11) is 0. The smallest absolute Gasteiger partial charge is 0.313 e. The van der Waals surface area contributed by atoms with Gasteiger partial charge in [-0.05, 0) is 49.1 Å². The van der Waals surface area contributed by atoms with Crippen molar-refractivity contribution in [2.75, 3.05) is 13.1 Å². The van der Waals surface area contributed by atoms with Gasteiger partial charge in [0, 0.05) is 31.4 Å². The number of carboxylic acids is 1. The molecule has 0 spiro atoms. The minimum atomic E-state index is -1.34. The molecule has 3 aromatic rings. The maximum Gasteiger partial charge on any atom is 0.313 e. The quantitative estimate of drug-likeness (QED) is 0.692. The van der Waals surface area contributed by atoms with Crippen LogP contribution < -0.4 is 0 Å². The number of aliphatic carboxylic acids is 1. The van der Waals surface area contributed by atoms with Crippen LogP contribution in [0.3, 0.4) is 0 Å². The highest BCUT2D eigenvalue weighted by molar-refractivity contribution is 5.76. The number of piperidine rings is 1. The molecule has 1 aliphatic rings. The first-order valence-corrected chi connectivity index (χ1v) is 9.69. The van der Waals surface area contributed by atoms with E-state index in [-0.39, 0.29) is 18.8 Å². The van der Waals surface area contributed by atoms with Crippen LogP contribution in [0.4, 0.5) is 4.39 Å². The summed E-state index contributed by atoms with van der Waals surface area (Å²) in [6.45, 7) is 3.39. The lowest BCUT2D eigenvalue weighted by atomic mass is 9.72. The largest absolute Gasteiger partial charge is 0.481 e. The van der Waals surface area contributed by atoms with Gasteiger partial charge in [-0.2, -0.15) is 5.10 Å². The number of aliphatic hydroxyl groups excluding tert-OH is 1. The number of likely N-dealkylation sites (tertiary alicyclic amines) is 1. The van der Waals surface area contributed by atoms with Crippen molar-refractivity contribution in [1.82, 2.24) is 14.5 Å². The van der Waals surface area contributed by atoms with Crippen LogP contribution in [-0.4, -0.2) is 49.9 Å². The Hall–Kier alpha value is -2.77. The second kappa shape index (κ2) is 7.57. The van der Waals surface area contributed by atoms with Crippen LogP contribution in [0.25, 0.3) is 5.52 Å². The number of pyridine rings is 1. The summed E-state index contributed by atoms with van der Waals surface area (Å²) in [5, 5.41) is 25.1. The first kappa shape index (κ1) is 19.5. The summed E-state index contributed by atoms with van der Waals surface area (Å²) < 4.78 is 15.1. The molecule has 0 aliphatic carbocycles. The van der Waals surface area contributed by atoms with E-state index in [1.165, 1.54) is 12.1 Å². The highest BCUT2D eigenvalue weighted by Crippen LogP contribution is 2.35. The van der Waals surface area contributed by atoms with Crippen LogP contribution >= 0.6 is 0 Å². The van der Waals surface area contributed by atoms with Crippen molar-refractivity contribution in [3.05, 3.63) is 71.3 Å². The van der Waals surface area contributed by atoms with E-state index in [9.17, 15) is 19.4 Å². The summed E-state index contributed by atoms with van der Waals surface area (Å²) in [4.78, 5) is 14.4. The Kier molecular flexibility index (Phi) is 5.10. The fourth-order valence-electron chi connectivity index (χ4n) is 4.37. The van der Waals surface area contributed by atoms with Crippen LogP contribution in [0, 0.1) is 18.2 Å². The number of fused-ring (bicyclic) bond motifs is 1. The molecule has 29 heavy (non-hydrogen) atoms. The van der Waals surface area contributed by atoms with Gasteiger partial charge in [0.05, 0.1) is 17.8 Å². The molecule has 3 heterocycles. The zero-order chi connectivity index (χ0) is 20.6. The molecule has 0 unspecified atom stereocenters. The Bertz CT molecular complexity index is 1030. The predicted octanol–water partition coefficient (Wildman–Crippen LogP) is 2.66. The van der Waals surface area contributed by atoms with E-state index in [1.807, 2.05) is 36.0 Å². The number of hydrogen-bond donors (Lipinski definition) is 2. The molecule has 0 radical (unpaired) electrons. The van der Waals surface area contributed by atoms with E-state index < -0.39 is 17.5 Å². The van der Waals surface area contributed by atoms with Crippen LogP contribution in [0.5, 0.6) is 0 Å². The van der Waals surface area contributed by atoms with Crippen LogP contribution in [0.1, 0.15) is 23.1 Å². The molecule has 2 aromatic heterocycles. The number of hydrogen-bond acceptors (Lipinski definition) is 4. The highest BCUT2D eigenvalue weighted by Gasteiger charge is 2.49. The Morgan fingerprint density at radius 2 is 2.07 bits per heavy atom. The molecule has 2 N–H and O–H groups in total. The van der Waals surface area contributed by atoms with E-state index in [0.717, 1.165) is 16.6 Å². The van der Waals surface area contributed by atoms with Gasteiger partial charge in [0.2, 0.25) is 0 Å². The van der Waals surface area contributed by atoms with Gasteiger partial charge in [0.25, 0.3) is 0 Å². The Morgan fingerprint density at radius 1 is 1.31 bits per heavy atom. The normalized spacial score (nSPS) is 22.8. The summed E-state index contributed by atoms with van der Waals surface area (Å²) in [5.41, 5.74) is 2.52. The molecule has 0 saturated carbocycles. The number of nitrogens with zero attached hydrogens (tertiary/aromatic N) is 3. The van der Waals surface area contributed by atoms with Gasteiger partial charge in [-0.15, -0.1) is 0 Å². The van der Waals surface area contributed by atoms with Crippen LogP contribution in [0.2, 0.25) is 0 Å². The zero-order valence-corrected chi connectivity index (χ0v) is 16.3. The fraction of sp³-hybridized carbons (Fsp3) is 0.364. The van der Waals surface area contributed by atoms with Crippen molar-refractivity contribution in [3.8, 4) is 0 Å². The van der Waals surface area contributed by atoms with Crippen molar-refractivity contribution < 1.29 is 19.4 Å². The SMILES string of the molecule is Cc1cccn2ncc(CN3CC[C@@H](O)[C@](Cc4ccc(F)cc4)(C(=O)O)C3)c12. The lowest BCUT2D eigenvalue weighted by Crippen LogP contribution is -2.56. The van der Waals surface area contributed by atoms with E-state index in [1.54, 1.807) is 12.1 Å². The number of halogens is 1. The van der Waals surface area contributed by atoms with Crippen LogP contribution in [-0.2, 0) is 17.8 Å². The van der Waals surface area contributed by atoms with Gasteiger partial charge in [-0.25, -0.2) is 8.91 Å². The lowest BCUT2D eigenvalue weighted by Gasteiger charge is -2.43. The lowest BCUT2D eigenvalue weighted by molar-refractivity contribution is -0.163. The fourth-order valence-corrected chi connectivity index (χ4v) is 4.37. The number of benzene rings is 1. The molecule has 4 rings (SSSR count). The van der Waals surface area contributed by atoms with E-state index in [0.29, 0.717) is 25.1 Å². The number of carboxylic acid groups (broad SMARTS) is 1. The molecule has 152 valence electrons. The molecule has 1 aliphatic heterocycles.